The van der Waals surface area contributed by atoms with Crippen molar-refractivity contribution in [1.29, 1.82) is 0 Å². The zero-order valence-electron chi connectivity index (χ0n) is 11.5. The Bertz CT molecular complexity index is 429. The Morgan fingerprint density at radius 2 is 1.83 bits per heavy atom. The summed E-state index contributed by atoms with van der Waals surface area (Å²) in [6, 6.07) is 7.28. The van der Waals surface area contributed by atoms with Gasteiger partial charge in [-0.1, -0.05) is 38.0 Å². The van der Waals surface area contributed by atoms with Gasteiger partial charge in [-0.2, -0.15) is 0 Å². The van der Waals surface area contributed by atoms with Crippen molar-refractivity contribution in [2.75, 3.05) is 0 Å². The summed E-state index contributed by atoms with van der Waals surface area (Å²) in [6.45, 7) is 2.32. The van der Waals surface area contributed by atoms with Gasteiger partial charge in [-0.15, -0.1) is 0 Å². The molecule has 2 aliphatic rings. The SMILES string of the molecule is CCC1(C(N)c2ccc3c(c2)CCC3)CCCC1. The van der Waals surface area contributed by atoms with Crippen LogP contribution in [-0.4, -0.2) is 0 Å². The Kier molecular flexibility index (Phi) is 3.19. The summed E-state index contributed by atoms with van der Waals surface area (Å²) in [4.78, 5) is 0. The van der Waals surface area contributed by atoms with E-state index in [-0.39, 0.29) is 6.04 Å². The third-order valence-electron chi connectivity index (χ3n) is 5.44. The van der Waals surface area contributed by atoms with Crippen LogP contribution < -0.4 is 5.73 Å². The first-order valence-corrected chi connectivity index (χ1v) is 7.62. The monoisotopic (exact) mass is 243 g/mol. The normalized spacial score (nSPS) is 23.0. The largest absolute Gasteiger partial charge is 0.323 e. The molecule has 1 aromatic carbocycles. The van der Waals surface area contributed by atoms with Crippen molar-refractivity contribution in [3.8, 4) is 0 Å². The molecule has 2 aliphatic carbocycles. The smallest absolute Gasteiger partial charge is 0.0352 e. The minimum absolute atomic E-state index is 0.246. The molecule has 2 N–H and O–H groups in total. The average molecular weight is 243 g/mol. The fourth-order valence-corrected chi connectivity index (χ4v) is 4.10. The molecule has 0 bridgehead atoms. The number of benzene rings is 1. The summed E-state index contributed by atoms with van der Waals surface area (Å²) in [6.07, 6.45) is 10.5. The number of fused-ring (bicyclic) bond motifs is 1. The molecular weight excluding hydrogens is 218 g/mol. The molecule has 0 aliphatic heterocycles. The first-order valence-electron chi connectivity index (χ1n) is 7.62. The van der Waals surface area contributed by atoms with Crippen molar-refractivity contribution in [3.05, 3.63) is 34.9 Å². The summed E-state index contributed by atoms with van der Waals surface area (Å²) in [5.41, 5.74) is 11.5. The maximum atomic E-state index is 6.64. The summed E-state index contributed by atoms with van der Waals surface area (Å²) in [7, 11) is 0. The first-order chi connectivity index (χ1) is 8.75. The molecule has 0 amide bonds. The van der Waals surface area contributed by atoms with E-state index < -0.39 is 0 Å². The third kappa shape index (κ3) is 1.89. The Morgan fingerprint density at radius 3 is 2.56 bits per heavy atom. The van der Waals surface area contributed by atoms with Crippen LogP contribution in [0.25, 0.3) is 0 Å². The molecule has 1 atom stereocenters. The number of nitrogens with two attached hydrogens (primary N) is 1. The van der Waals surface area contributed by atoms with Crippen LogP contribution in [-0.2, 0) is 12.8 Å². The summed E-state index contributed by atoms with van der Waals surface area (Å²) in [5.74, 6) is 0. The highest BCUT2D eigenvalue weighted by Crippen LogP contribution is 2.49. The van der Waals surface area contributed by atoms with Gasteiger partial charge in [0.25, 0.3) is 0 Å². The van der Waals surface area contributed by atoms with Gasteiger partial charge in [0.1, 0.15) is 0 Å². The van der Waals surface area contributed by atoms with Crippen LogP contribution in [0, 0.1) is 5.41 Å². The van der Waals surface area contributed by atoms with E-state index in [0.717, 1.165) is 0 Å². The molecule has 1 saturated carbocycles. The summed E-state index contributed by atoms with van der Waals surface area (Å²) >= 11 is 0. The number of hydrogen-bond donors (Lipinski definition) is 1. The van der Waals surface area contributed by atoms with Crippen molar-refractivity contribution >= 4 is 0 Å². The van der Waals surface area contributed by atoms with Crippen molar-refractivity contribution in [3.63, 3.8) is 0 Å². The van der Waals surface area contributed by atoms with Gasteiger partial charge in [0.2, 0.25) is 0 Å². The van der Waals surface area contributed by atoms with Gasteiger partial charge in [0.15, 0.2) is 0 Å². The predicted molar refractivity (Wildman–Crippen MR) is 76.6 cm³/mol. The topological polar surface area (TPSA) is 26.0 Å². The standard InChI is InChI=1S/C17H25N/c1-2-17(10-3-4-11-17)16(18)15-9-8-13-6-5-7-14(13)12-15/h8-9,12,16H,2-7,10-11,18H2,1H3. The second-order valence-corrected chi connectivity index (χ2v) is 6.28. The lowest BCUT2D eigenvalue weighted by Crippen LogP contribution is -2.31. The van der Waals surface area contributed by atoms with Gasteiger partial charge in [0, 0.05) is 6.04 Å². The van der Waals surface area contributed by atoms with E-state index in [9.17, 15) is 0 Å². The quantitative estimate of drug-likeness (QED) is 0.848. The van der Waals surface area contributed by atoms with Crippen LogP contribution in [0.4, 0.5) is 0 Å². The molecule has 0 radical (unpaired) electrons. The van der Waals surface area contributed by atoms with Crippen LogP contribution in [0.2, 0.25) is 0 Å². The maximum absolute atomic E-state index is 6.64. The van der Waals surface area contributed by atoms with Crippen molar-refractivity contribution < 1.29 is 0 Å². The fraction of sp³-hybridized carbons (Fsp3) is 0.647. The van der Waals surface area contributed by atoms with Crippen LogP contribution in [0.1, 0.15) is 68.2 Å². The lowest BCUT2D eigenvalue weighted by atomic mass is 9.73. The van der Waals surface area contributed by atoms with Gasteiger partial charge in [-0.3, -0.25) is 0 Å². The van der Waals surface area contributed by atoms with Gasteiger partial charge >= 0.3 is 0 Å². The Hall–Kier alpha value is -0.820. The van der Waals surface area contributed by atoms with E-state index in [0.29, 0.717) is 5.41 Å². The zero-order chi connectivity index (χ0) is 12.6. The molecule has 1 aromatic rings. The maximum Gasteiger partial charge on any atom is 0.0352 e. The van der Waals surface area contributed by atoms with E-state index in [1.165, 1.54) is 56.9 Å². The van der Waals surface area contributed by atoms with Gasteiger partial charge in [0.05, 0.1) is 0 Å². The van der Waals surface area contributed by atoms with Crippen LogP contribution >= 0.6 is 0 Å². The number of rotatable bonds is 3. The molecule has 1 unspecified atom stereocenters. The molecular formula is C17H25N. The fourth-order valence-electron chi connectivity index (χ4n) is 4.10. The van der Waals surface area contributed by atoms with Crippen molar-refractivity contribution in [2.24, 2.45) is 11.1 Å². The molecule has 1 fully saturated rings. The Labute approximate surface area is 111 Å². The average Bonchev–Trinajstić information content (AvgIpc) is 3.06. The molecule has 0 heterocycles. The molecule has 0 saturated heterocycles. The van der Waals surface area contributed by atoms with Crippen LogP contribution in [0.15, 0.2) is 18.2 Å². The van der Waals surface area contributed by atoms with E-state index >= 15 is 0 Å². The minimum Gasteiger partial charge on any atom is -0.323 e. The molecule has 0 spiro atoms. The van der Waals surface area contributed by atoms with Crippen molar-refractivity contribution in [1.82, 2.24) is 0 Å². The molecule has 98 valence electrons. The summed E-state index contributed by atoms with van der Waals surface area (Å²) < 4.78 is 0. The molecule has 1 heteroatoms. The number of hydrogen-bond acceptors (Lipinski definition) is 1. The van der Waals surface area contributed by atoms with Gasteiger partial charge in [-0.25, -0.2) is 0 Å². The van der Waals surface area contributed by atoms with Crippen molar-refractivity contribution in [2.45, 2.75) is 64.3 Å². The zero-order valence-corrected chi connectivity index (χ0v) is 11.5. The Balaban J connectivity index is 1.89. The second-order valence-electron chi connectivity index (χ2n) is 6.28. The Morgan fingerprint density at radius 1 is 1.11 bits per heavy atom. The third-order valence-corrected chi connectivity index (χ3v) is 5.44. The van der Waals surface area contributed by atoms with Gasteiger partial charge < -0.3 is 5.73 Å². The number of aryl methyl sites for hydroxylation is 2. The highest BCUT2D eigenvalue weighted by molar-refractivity contribution is 5.37. The molecule has 1 nitrogen and oxygen atoms in total. The predicted octanol–water partition coefficient (Wildman–Crippen LogP) is 4.15. The minimum atomic E-state index is 0.246. The molecule has 18 heavy (non-hydrogen) atoms. The molecule has 3 rings (SSSR count). The van der Waals surface area contributed by atoms with E-state index in [4.69, 9.17) is 5.73 Å². The lowest BCUT2D eigenvalue weighted by Gasteiger charge is -2.35. The second kappa shape index (κ2) is 4.70. The lowest BCUT2D eigenvalue weighted by molar-refractivity contribution is 0.222. The van der Waals surface area contributed by atoms with E-state index in [2.05, 4.69) is 25.1 Å². The van der Waals surface area contributed by atoms with Crippen LogP contribution in [0.5, 0.6) is 0 Å². The summed E-state index contributed by atoms with van der Waals surface area (Å²) in [5, 5.41) is 0. The van der Waals surface area contributed by atoms with Crippen LogP contribution in [0.3, 0.4) is 0 Å². The van der Waals surface area contributed by atoms with Gasteiger partial charge in [-0.05, 0) is 60.6 Å². The first kappa shape index (κ1) is 12.2. The highest BCUT2D eigenvalue weighted by Gasteiger charge is 2.38. The molecule has 0 aromatic heterocycles. The van der Waals surface area contributed by atoms with E-state index in [1.807, 2.05) is 0 Å². The van der Waals surface area contributed by atoms with E-state index in [1.54, 1.807) is 11.1 Å². The highest BCUT2D eigenvalue weighted by atomic mass is 14.7.